The number of rotatable bonds is 6. The number of aldehydes is 1. The summed E-state index contributed by atoms with van der Waals surface area (Å²) in [5.74, 6) is -0.888. The number of aromatic nitrogens is 4. The average molecular weight is 451 g/mol. The minimum Gasteiger partial charge on any atom is -0.343 e. The van der Waals surface area contributed by atoms with Crippen molar-refractivity contribution in [3.63, 3.8) is 0 Å². The summed E-state index contributed by atoms with van der Waals surface area (Å²) in [6.45, 7) is 1.80. The van der Waals surface area contributed by atoms with Crippen molar-refractivity contribution in [3.05, 3.63) is 87.2 Å². The van der Waals surface area contributed by atoms with Gasteiger partial charge in [-0.25, -0.2) is 4.39 Å². The van der Waals surface area contributed by atoms with Crippen LogP contribution in [0, 0.1) is 5.82 Å². The zero-order valence-electron chi connectivity index (χ0n) is 17.2. The molecule has 162 valence electrons. The van der Waals surface area contributed by atoms with Gasteiger partial charge in [0.15, 0.2) is 6.29 Å². The first-order valence-corrected chi connectivity index (χ1v) is 10.4. The van der Waals surface area contributed by atoms with E-state index < -0.39 is 11.7 Å². The van der Waals surface area contributed by atoms with Gasteiger partial charge in [-0.2, -0.15) is 14.9 Å². The number of halogens is 1. The smallest absolute Gasteiger partial charge is 0.272 e. The number of carbonyl (C=O) groups is 2. The van der Waals surface area contributed by atoms with Gasteiger partial charge in [0, 0.05) is 34.0 Å². The van der Waals surface area contributed by atoms with Gasteiger partial charge < -0.3 is 5.32 Å². The Balaban J connectivity index is 1.55. The molecule has 32 heavy (non-hydrogen) atoms. The van der Waals surface area contributed by atoms with E-state index >= 15 is 0 Å². The lowest BCUT2D eigenvalue weighted by molar-refractivity contribution is 0.0933. The Kier molecular flexibility index (Phi) is 5.78. The number of benzene rings is 1. The lowest BCUT2D eigenvalue weighted by Crippen LogP contribution is -2.30. The molecule has 0 saturated heterocycles. The second kappa shape index (κ2) is 8.67. The van der Waals surface area contributed by atoms with Crippen molar-refractivity contribution in [2.45, 2.75) is 13.0 Å². The number of hydrogen-bond donors (Lipinski definition) is 1. The Morgan fingerprint density at radius 2 is 2.03 bits per heavy atom. The molecular weight excluding hydrogens is 433 g/mol. The Bertz CT molecular complexity index is 1370. The van der Waals surface area contributed by atoms with Crippen molar-refractivity contribution in [1.82, 2.24) is 24.9 Å². The van der Waals surface area contributed by atoms with E-state index in [1.54, 1.807) is 26.2 Å². The quantitative estimate of drug-likeness (QED) is 0.454. The van der Waals surface area contributed by atoms with E-state index in [-0.39, 0.29) is 17.3 Å². The molecule has 0 aliphatic heterocycles. The molecule has 10 heteroatoms. The van der Waals surface area contributed by atoms with Crippen molar-refractivity contribution < 1.29 is 14.0 Å². The van der Waals surface area contributed by atoms with Gasteiger partial charge >= 0.3 is 0 Å². The maximum atomic E-state index is 13.7. The van der Waals surface area contributed by atoms with Crippen molar-refractivity contribution in [3.8, 4) is 16.1 Å². The SMILES string of the molecule is C[C@@H](NC(=O)c1ccc(=O)n(-c2cnn(C)c2)n1)c1ccc(-c2cc(F)ccc2C=O)s1. The minimum atomic E-state index is -0.454. The normalized spacial score (nSPS) is 11.8. The highest BCUT2D eigenvalue weighted by Gasteiger charge is 2.17. The number of nitrogens with one attached hydrogen (secondary N) is 1. The highest BCUT2D eigenvalue weighted by molar-refractivity contribution is 7.15. The van der Waals surface area contributed by atoms with E-state index in [0.29, 0.717) is 28.0 Å². The van der Waals surface area contributed by atoms with Crippen LogP contribution in [-0.4, -0.2) is 31.8 Å². The molecule has 0 spiro atoms. The predicted molar refractivity (Wildman–Crippen MR) is 118 cm³/mol. The zero-order chi connectivity index (χ0) is 22.8. The van der Waals surface area contributed by atoms with Gasteiger partial charge in [0.2, 0.25) is 0 Å². The number of carbonyl (C=O) groups excluding carboxylic acids is 2. The first-order chi connectivity index (χ1) is 15.4. The molecule has 0 fully saturated rings. The molecule has 0 aliphatic carbocycles. The topological polar surface area (TPSA) is 98.9 Å². The largest absolute Gasteiger partial charge is 0.343 e. The summed E-state index contributed by atoms with van der Waals surface area (Å²) in [5, 5.41) is 11.0. The van der Waals surface area contributed by atoms with Gasteiger partial charge in [-0.05, 0) is 43.3 Å². The van der Waals surface area contributed by atoms with Crippen LogP contribution in [0.15, 0.2) is 59.7 Å². The van der Waals surface area contributed by atoms with Crippen molar-refractivity contribution >= 4 is 23.5 Å². The molecule has 3 aromatic heterocycles. The van der Waals surface area contributed by atoms with Gasteiger partial charge in [0.25, 0.3) is 11.5 Å². The lowest BCUT2D eigenvalue weighted by Gasteiger charge is -2.12. The molecule has 0 bridgehead atoms. The molecule has 1 N–H and O–H groups in total. The molecule has 1 amide bonds. The van der Waals surface area contributed by atoms with Gasteiger partial charge in [-0.3, -0.25) is 19.1 Å². The van der Waals surface area contributed by atoms with Crippen LogP contribution in [0.5, 0.6) is 0 Å². The molecule has 1 atom stereocenters. The molecular formula is C22H18FN5O3S. The Labute approximate surface area is 185 Å². The molecule has 0 radical (unpaired) electrons. The summed E-state index contributed by atoms with van der Waals surface area (Å²) >= 11 is 1.35. The number of nitrogens with zero attached hydrogens (tertiary/aromatic N) is 4. The number of thiophene rings is 1. The highest BCUT2D eigenvalue weighted by Crippen LogP contribution is 2.33. The fourth-order valence-electron chi connectivity index (χ4n) is 3.15. The second-order valence-corrected chi connectivity index (χ2v) is 8.20. The van der Waals surface area contributed by atoms with Gasteiger partial charge in [0.1, 0.15) is 17.2 Å². The summed E-state index contributed by atoms with van der Waals surface area (Å²) in [5.41, 5.74) is 1.03. The lowest BCUT2D eigenvalue weighted by atomic mass is 10.1. The van der Waals surface area contributed by atoms with Crippen molar-refractivity contribution in [2.24, 2.45) is 7.05 Å². The van der Waals surface area contributed by atoms with E-state index in [4.69, 9.17) is 0 Å². The van der Waals surface area contributed by atoms with Crippen LogP contribution in [-0.2, 0) is 7.05 Å². The Morgan fingerprint density at radius 1 is 1.22 bits per heavy atom. The molecule has 0 unspecified atom stereocenters. The standard InChI is InChI=1S/C22H18FN5O3S/c1-13(19-6-7-20(32-19)17-9-15(23)4-3-14(17)12-29)25-22(31)18-5-8-21(30)28(26-18)16-10-24-27(2)11-16/h3-13H,1-2H3,(H,25,31)/t13-/m1/s1. The number of aryl methyl sites for hydroxylation is 1. The maximum Gasteiger partial charge on any atom is 0.272 e. The third-order valence-corrected chi connectivity index (χ3v) is 6.08. The van der Waals surface area contributed by atoms with Crippen LogP contribution in [0.2, 0.25) is 0 Å². The fraction of sp³-hybridized carbons (Fsp3) is 0.136. The molecule has 0 aliphatic rings. The molecule has 3 heterocycles. The van der Waals surface area contributed by atoms with Gasteiger partial charge in [-0.15, -0.1) is 11.3 Å². The average Bonchev–Trinajstić information content (AvgIpc) is 3.43. The molecule has 4 aromatic rings. The van der Waals surface area contributed by atoms with E-state index in [1.165, 1.54) is 52.5 Å². The second-order valence-electron chi connectivity index (χ2n) is 7.09. The van der Waals surface area contributed by atoms with Crippen LogP contribution in [0.3, 0.4) is 0 Å². The van der Waals surface area contributed by atoms with E-state index in [0.717, 1.165) is 9.56 Å². The van der Waals surface area contributed by atoms with Crippen LogP contribution >= 0.6 is 11.3 Å². The maximum absolute atomic E-state index is 13.7. The van der Waals surface area contributed by atoms with Gasteiger partial charge in [0.05, 0.1) is 18.4 Å². The van der Waals surface area contributed by atoms with E-state index in [2.05, 4.69) is 15.5 Å². The summed E-state index contributed by atoms with van der Waals surface area (Å²) in [6.07, 6.45) is 3.78. The first-order valence-electron chi connectivity index (χ1n) is 9.61. The van der Waals surface area contributed by atoms with Gasteiger partial charge in [-0.1, -0.05) is 0 Å². The summed E-state index contributed by atoms with van der Waals surface area (Å²) in [7, 11) is 1.71. The van der Waals surface area contributed by atoms with Crippen LogP contribution in [0.4, 0.5) is 4.39 Å². The fourth-order valence-corrected chi connectivity index (χ4v) is 4.20. The zero-order valence-corrected chi connectivity index (χ0v) is 18.0. The highest BCUT2D eigenvalue weighted by atomic mass is 32.1. The van der Waals surface area contributed by atoms with E-state index in [9.17, 15) is 18.8 Å². The third-order valence-electron chi connectivity index (χ3n) is 4.78. The Morgan fingerprint density at radius 3 is 2.75 bits per heavy atom. The summed E-state index contributed by atoms with van der Waals surface area (Å²) in [4.78, 5) is 37.7. The summed E-state index contributed by atoms with van der Waals surface area (Å²) < 4.78 is 16.3. The number of amides is 1. The predicted octanol–water partition coefficient (Wildman–Crippen LogP) is 3.14. The van der Waals surface area contributed by atoms with E-state index in [1.807, 2.05) is 6.07 Å². The Hall–Kier alpha value is -3.92. The summed E-state index contributed by atoms with van der Waals surface area (Å²) in [6, 6.07) is 9.84. The van der Waals surface area contributed by atoms with Crippen LogP contribution < -0.4 is 10.9 Å². The first kappa shape index (κ1) is 21.3. The molecule has 0 saturated carbocycles. The van der Waals surface area contributed by atoms with Crippen molar-refractivity contribution in [1.29, 1.82) is 0 Å². The molecule has 1 aromatic carbocycles. The minimum absolute atomic E-state index is 0.0745. The third kappa shape index (κ3) is 4.26. The van der Waals surface area contributed by atoms with Crippen molar-refractivity contribution in [2.75, 3.05) is 0 Å². The van der Waals surface area contributed by atoms with Crippen LogP contribution in [0.1, 0.15) is 38.7 Å². The molecule has 8 nitrogen and oxygen atoms in total. The molecule has 4 rings (SSSR count). The monoisotopic (exact) mass is 451 g/mol. The van der Waals surface area contributed by atoms with Crippen LogP contribution in [0.25, 0.3) is 16.1 Å². The number of hydrogen-bond acceptors (Lipinski definition) is 6.